The molecule has 0 unspecified atom stereocenters. The number of carboxylic acid groups (broad SMARTS) is 1. The van der Waals surface area contributed by atoms with E-state index in [0.717, 1.165) is 10.9 Å². The molecular weight excluding hydrogens is 433 g/mol. The first-order valence-corrected chi connectivity index (χ1v) is 9.68. The van der Waals surface area contributed by atoms with Gasteiger partial charge < -0.3 is 25.5 Å². The molecule has 2 aromatic rings. The molecule has 0 radical (unpaired) electrons. The topological polar surface area (TPSA) is 120 Å². The maximum atomic E-state index is 13.4. The lowest BCUT2D eigenvalue weighted by Crippen LogP contribution is -2.53. The molecule has 3 rings (SSSR count). The van der Waals surface area contributed by atoms with Crippen LogP contribution in [0.25, 0.3) is 5.69 Å². The Morgan fingerprint density at radius 2 is 1.56 bits per heavy atom. The Bertz CT molecular complexity index is 971. The quantitative estimate of drug-likeness (QED) is 0.594. The number of halogens is 3. The van der Waals surface area contributed by atoms with Crippen LogP contribution in [0.5, 0.6) is 0 Å². The van der Waals surface area contributed by atoms with E-state index in [2.05, 4.69) is 15.7 Å². The molecule has 0 aliphatic carbocycles. The van der Waals surface area contributed by atoms with E-state index in [4.69, 9.17) is 5.11 Å². The first kappa shape index (κ1) is 22.9. The second kappa shape index (κ2) is 9.58. The van der Waals surface area contributed by atoms with Crippen LogP contribution in [0.15, 0.2) is 36.5 Å². The average molecular weight is 454 g/mol. The maximum Gasteiger partial charge on any atom is 0.435 e. The predicted molar refractivity (Wildman–Crippen MR) is 105 cm³/mol. The van der Waals surface area contributed by atoms with Crippen LogP contribution in [0.2, 0.25) is 0 Å². The molecule has 1 fully saturated rings. The normalized spacial score (nSPS) is 14.2. The van der Waals surface area contributed by atoms with Gasteiger partial charge in [-0.05, 0) is 12.1 Å². The number of nitrogens with zero attached hydrogens (tertiary/aromatic N) is 4. The van der Waals surface area contributed by atoms with E-state index in [1.807, 2.05) is 0 Å². The highest BCUT2D eigenvalue weighted by atomic mass is 19.4. The molecule has 1 aliphatic heterocycles. The minimum atomic E-state index is -4.82. The molecule has 1 aromatic heterocycles. The van der Waals surface area contributed by atoms with Gasteiger partial charge >= 0.3 is 18.3 Å². The molecule has 1 aliphatic rings. The number of hydrogen-bond acceptors (Lipinski definition) is 4. The molecule has 1 aromatic carbocycles. The second-order valence-corrected chi connectivity index (χ2v) is 6.91. The summed E-state index contributed by atoms with van der Waals surface area (Å²) in [7, 11) is 0. The van der Waals surface area contributed by atoms with Crippen molar-refractivity contribution in [3.05, 3.63) is 47.8 Å². The number of urea groups is 1. The molecule has 13 heteroatoms. The lowest BCUT2D eigenvalue weighted by Gasteiger charge is -2.33. The number of amides is 4. The molecule has 3 N–H and O–H groups in total. The van der Waals surface area contributed by atoms with E-state index >= 15 is 0 Å². The lowest BCUT2D eigenvalue weighted by atomic mass is 10.2. The van der Waals surface area contributed by atoms with Crippen LogP contribution in [0.3, 0.4) is 0 Å². The van der Waals surface area contributed by atoms with Gasteiger partial charge in [-0.25, -0.2) is 14.3 Å². The van der Waals surface area contributed by atoms with Crippen molar-refractivity contribution in [1.29, 1.82) is 0 Å². The average Bonchev–Trinajstić information content (AvgIpc) is 3.23. The fraction of sp³-hybridized carbons (Fsp3) is 0.368. The van der Waals surface area contributed by atoms with Gasteiger partial charge in [0.25, 0.3) is 5.91 Å². The highest BCUT2D eigenvalue weighted by molar-refractivity contribution is 5.95. The van der Waals surface area contributed by atoms with E-state index in [-0.39, 0.29) is 39.3 Å². The SMILES string of the molecule is O=C(NCCNC(=O)N1CCN(C(=O)O)CC1)c1cn(-c2ccccc2)nc1C(F)(F)F. The summed E-state index contributed by atoms with van der Waals surface area (Å²) in [5.74, 6) is -0.969. The zero-order valence-corrected chi connectivity index (χ0v) is 16.8. The van der Waals surface area contributed by atoms with Gasteiger partial charge in [0.15, 0.2) is 5.69 Å². The van der Waals surface area contributed by atoms with Crippen LogP contribution in [-0.4, -0.2) is 82.0 Å². The van der Waals surface area contributed by atoms with Gasteiger partial charge in [0.2, 0.25) is 0 Å². The van der Waals surface area contributed by atoms with Gasteiger partial charge in [0.1, 0.15) is 0 Å². The van der Waals surface area contributed by atoms with Gasteiger partial charge in [-0.2, -0.15) is 18.3 Å². The number of rotatable bonds is 5. The number of carbonyl (C=O) groups excluding carboxylic acids is 2. The number of piperazine rings is 1. The van der Waals surface area contributed by atoms with Crippen LogP contribution >= 0.6 is 0 Å². The van der Waals surface area contributed by atoms with Crippen LogP contribution in [0, 0.1) is 0 Å². The largest absolute Gasteiger partial charge is 0.465 e. The third kappa shape index (κ3) is 5.47. The lowest BCUT2D eigenvalue weighted by molar-refractivity contribution is -0.141. The number of aromatic nitrogens is 2. The molecule has 0 atom stereocenters. The third-order valence-electron chi connectivity index (χ3n) is 4.77. The van der Waals surface area contributed by atoms with E-state index in [1.54, 1.807) is 30.3 Å². The zero-order chi connectivity index (χ0) is 23.3. The Hall–Kier alpha value is -3.77. The highest BCUT2D eigenvalue weighted by Gasteiger charge is 2.39. The summed E-state index contributed by atoms with van der Waals surface area (Å²) in [4.78, 5) is 38.0. The summed E-state index contributed by atoms with van der Waals surface area (Å²) in [5, 5.41) is 17.3. The fourth-order valence-corrected chi connectivity index (χ4v) is 3.12. The van der Waals surface area contributed by atoms with E-state index < -0.39 is 35.5 Å². The van der Waals surface area contributed by atoms with Crippen LogP contribution in [0.1, 0.15) is 16.1 Å². The van der Waals surface area contributed by atoms with Crippen molar-refractivity contribution in [3.63, 3.8) is 0 Å². The van der Waals surface area contributed by atoms with Crippen molar-refractivity contribution >= 4 is 18.0 Å². The second-order valence-electron chi connectivity index (χ2n) is 6.91. The van der Waals surface area contributed by atoms with Crippen LogP contribution < -0.4 is 10.6 Å². The van der Waals surface area contributed by atoms with Gasteiger partial charge in [0, 0.05) is 45.5 Å². The van der Waals surface area contributed by atoms with Crippen LogP contribution in [0.4, 0.5) is 22.8 Å². The minimum absolute atomic E-state index is 0.0160. The molecule has 0 spiro atoms. The summed E-state index contributed by atoms with van der Waals surface area (Å²) < 4.78 is 41.1. The smallest absolute Gasteiger partial charge is 0.435 e. The van der Waals surface area contributed by atoms with Gasteiger partial charge in [-0.1, -0.05) is 18.2 Å². The van der Waals surface area contributed by atoms with Crippen molar-refractivity contribution in [1.82, 2.24) is 30.2 Å². The Morgan fingerprint density at radius 1 is 0.969 bits per heavy atom. The summed E-state index contributed by atoms with van der Waals surface area (Å²) >= 11 is 0. The first-order valence-electron chi connectivity index (χ1n) is 9.68. The Kier molecular flexibility index (Phi) is 6.85. The number of benzene rings is 1. The number of carbonyl (C=O) groups is 3. The first-order chi connectivity index (χ1) is 15.2. The molecule has 172 valence electrons. The van der Waals surface area contributed by atoms with Crippen molar-refractivity contribution in [2.24, 2.45) is 0 Å². The van der Waals surface area contributed by atoms with E-state index in [1.165, 1.54) is 9.80 Å². The molecule has 4 amide bonds. The van der Waals surface area contributed by atoms with Gasteiger partial charge in [0.05, 0.1) is 11.3 Å². The number of hydrogen-bond donors (Lipinski definition) is 3. The fourth-order valence-electron chi connectivity index (χ4n) is 3.12. The van der Waals surface area contributed by atoms with Crippen molar-refractivity contribution in [2.75, 3.05) is 39.3 Å². The summed E-state index contributed by atoms with van der Waals surface area (Å²) in [6.07, 6.45) is -4.87. The molecule has 10 nitrogen and oxygen atoms in total. The number of para-hydroxylation sites is 1. The summed E-state index contributed by atoms with van der Waals surface area (Å²) in [6, 6.07) is 7.63. The van der Waals surface area contributed by atoms with E-state index in [9.17, 15) is 27.6 Å². The monoisotopic (exact) mass is 454 g/mol. The van der Waals surface area contributed by atoms with E-state index in [0.29, 0.717) is 5.69 Å². The zero-order valence-electron chi connectivity index (χ0n) is 16.8. The number of nitrogens with one attached hydrogen (secondary N) is 2. The molecule has 1 saturated heterocycles. The van der Waals surface area contributed by atoms with Crippen LogP contribution in [-0.2, 0) is 6.18 Å². The van der Waals surface area contributed by atoms with Crippen molar-refractivity contribution < 1.29 is 32.7 Å². The minimum Gasteiger partial charge on any atom is -0.465 e. The van der Waals surface area contributed by atoms with Crippen molar-refractivity contribution in [2.45, 2.75) is 6.18 Å². The highest BCUT2D eigenvalue weighted by Crippen LogP contribution is 2.31. The molecule has 0 bridgehead atoms. The Labute approximate surface area is 180 Å². The molecule has 32 heavy (non-hydrogen) atoms. The van der Waals surface area contributed by atoms with Crippen molar-refractivity contribution in [3.8, 4) is 5.69 Å². The predicted octanol–water partition coefficient (Wildman–Crippen LogP) is 1.63. The Balaban J connectivity index is 1.54. The van der Waals surface area contributed by atoms with Gasteiger partial charge in [-0.15, -0.1) is 0 Å². The number of alkyl halides is 3. The standard InChI is InChI=1S/C19H21F3N6O4/c20-19(21,22)15-14(12-28(25-15)13-4-2-1-3-5-13)16(29)23-6-7-24-17(30)26-8-10-27(11-9-26)18(31)32/h1-5,12H,6-11H2,(H,23,29)(H,24,30)(H,31,32). The molecule has 0 saturated carbocycles. The molecular formula is C19H21F3N6O4. The molecule has 2 heterocycles. The summed E-state index contributed by atoms with van der Waals surface area (Å²) in [6.45, 7) is 0.692. The van der Waals surface area contributed by atoms with Gasteiger partial charge in [-0.3, -0.25) is 4.79 Å². The third-order valence-corrected chi connectivity index (χ3v) is 4.77. The Morgan fingerprint density at radius 3 is 2.16 bits per heavy atom. The maximum absolute atomic E-state index is 13.4. The summed E-state index contributed by atoms with van der Waals surface area (Å²) in [5.41, 5.74) is -1.57.